The largest absolute Gasteiger partial charge is 0.323 e. The summed E-state index contributed by atoms with van der Waals surface area (Å²) in [6.07, 6.45) is 2.52. The highest BCUT2D eigenvalue weighted by Gasteiger charge is 2.47. The molecule has 3 heteroatoms. The van der Waals surface area contributed by atoms with Gasteiger partial charge in [-0.1, -0.05) is 6.07 Å². The molecular weight excluding hydrogens is 230 g/mol. The van der Waals surface area contributed by atoms with E-state index in [1.807, 2.05) is 17.5 Å². The minimum atomic E-state index is 0.302. The van der Waals surface area contributed by atoms with Crippen molar-refractivity contribution in [2.24, 2.45) is 11.8 Å². The smallest absolute Gasteiger partial charge is 0.181 e. The van der Waals surface area contributed by atoms with E-state index in [4.69, 9.17) is 0 Å². The Morgan fingerprint density at radius 1 is 1.47 bits per heavy atom. The molecule has 3 aliphatic heterocycles. The van der Waals surface area contributed by atoms with Gasteiger partial charge < -0.3 is 4.48 Å². The fraction of sp³-hybridized carbons (Fsp3) is 0.643. The van der Waals surface area contributed by atoms with E-state index >= 15 is 0 Å². The predicted octanol–water partition coefficient (Wildman–Crippen LogP) is 2.81. The Balaban J connectivity index is 1.83. The van der Waals surface area contributed by atoms with Crippen molar-refractivity contribution in [2.75, 3.05) is 26.2 Å². The lowest BCUT2D eigenvalue weighted by Gasteiger charge is -2.51. The molecule has 0 aliphatic carbocycles. The first-order chi connectivity index (χ1) is 8.24. The van der Waals surface area contributed by atoms with Crippen LogP contribution in [-0.2, 0) is 0 Å². The molecule has 4 heterocycles. The number of carbonyl (C=O) groups excluding carboxylic acids is 1. The molecule has 0 spiro atoms. The molecule has 1 aromatic rings. The molecule has 4 rings (SSSR count). The van der Waals surface area contributed by atoms with E-state index in [0.29, 0.717) is 17.6 Å². The Kier molecular flexibility index (Phi) is 2.83. The summed E-state index contributed by atoms with van der Waals surface area (Å²) in [5.74, 6) is 1.38. The fourth-order valence-electron chi connectivity index (χ4n) is 3.63. The monoisotopic (exact) mass is 250 g/mol. The molecule has 0 radical (unpaired) electrons. The Hall–Kier alpha value is -0.670. The van der Waals surface area contributed by atoms with Crippen molar-refractivity contribution in [1.82, 2.24) is 0 Å². The minimum Gasteiger partial charge on any atom is -0.323 e. The number of quaternary nitrogens is 1. The summed E-state index contributed by atoms with van der Waals surface area (Å²) in [5, 5.41) is 2.01. The van der Waals surface area contributed by atoms with Gasteiger partial charge in [0.05, 0.1) is 37.0 Å². The highest BCUT2D eigenvalue weighted by atomic mass is 32.1. The summed E-state index contributed by atoms with van der Waals surface area (Å²) in [7, 11) is 0. The molecule has 2 nitrogen and oxygen atoms in total. The SMILES string of the molecule is CC[N+]12CCC(CC1)[C@H](C(=O)c1cccs1)C2. The van der Waals surface area contributed by atoms with E-state index in [1.54, 1.807) is 11.3 Å². The van der Waals surface area contributed by atoms with Crippen molar-refractivity contribution >= 4 is 17.1 Å². The van der Waals surface area contributed by atoms with Crippen molar-refractivity contribution in [2.45, 2.75) is 19.8 Å². The van der Waals surface area contributed by atoms with Gasteiger partial charge in [-0.3, -0.25) is 4.79 Å². The maximum atomic E-state index is 12.5. The van der Waals surface area contributed by atoms with E-state index in [9.17, 15) is 4.79 Å². The van der Waals surface area contributed by atoms with Gasteiger partial charge in [0.15, 0.2) is 5.78 Å². The average molecular weight is 250 g/mol. The third kappa shape index (κ3) is 1.85. The molecule has 1 atom stereocenters. The van der Waals surface area contributed by atoms with Gasteiger partial charge in [0.2, 0.25) is 0 Å². The number of hydrogen-bond acceptors (Lipinski definition) is 2. The van der Waals surface area contributed by atoms with Crippen LogP contribution >= 0.6 is 11.3 Å². The summed E-state index contributed by atoms with van der Waals surface area (Å²) < 4.78 is 1.19. The zero-order valence-corrected chi connectivity index (χ0v) is 11.2. The average Bonchev–Trinajstić information content (AvgIpc) is 2.93. The van der Waals surface area contributed by atoms with Crippen LogP contribution in [0.3, 0.4) is 0 Å². The molecule has 2 bridgehead atoms. The maximum Gasteiger partial charge on any atom is 0.181 e. The Bertz CT molecular complexity index is 404. The normalized spacial score (nSPS) is 36.1. The molecule has 3 fully saturated rings. The van der Waals surface area contributed by atoms with Crippen LogP contribution < -0.4 is 0 Å². The van der Waals surface area contributed by atoms with Gasteiger partial charge in [0.1, 0.15) is 0 Å². The number of carbonyl (C=O) groups is 1. The Morgan fingerprint density at radius 2 is 2.24 bits per heavy atom. The van der Waals surface area contributed by atoms with Gasteiger partial charge in [0, 0.05) is 12.8 Å². The lowest BCUT2D eigenvalue weighted by atomic mass is 9.75. The molecule has 0 unspecified atom stereocenters. The number of hydrogen-bond donors (Lipinski definition) is 0. The lowest BCUT2D eigenvalue weighted by Crippen LogP contribution is -2.62. The first-order valence-corrected chi connectivity index (χ1v) is 7.55. The molecule has 3 aliphatic rings. The topological polar surface area (TPSA) is 17.1 Å². The number of rotatable bonds is 3. The van der Waals surface area contributed by atoms with Crippen molar-refractivity contribution in [3.8, 4) is 0 Å². The number of ketones is 1. The first-order valence-electron chi connectivity index (χ1n) is 6.67. The second-order valence-corrected chi connectivity index (χ2v) is 6.52. The summed E-state index contributed by atoms with van der Waals surface area (Å²) in [5.41, 5.74) is 0. The van der Waals surface area contributed by atoms with E-state index < -0.39 is 0 Å². The zero-order chi connectivity index (χ0) is 11.9. The first kappa shape index (κ1) is 11.4. The standard InChI is InChI=1S/C14H20NOS/c1-2-15-7-5-11(6-8-15)12(10-15)14(16)13-4-3-9-17-13/h3-4,9,11-12H,2,5-8,10H2,1H3/q+1/t11?,12-,15?/m1/s1. The highest BCUT2D eigenvalue weighted by molar-refractivity contribution is 7.12. The van der Waals surface area contributed by atoms with Crippen LogP contribution in [0.25, 0.3) is 0 Å². The molecule has 0 aromatic carbocycles. The molecule has 1 aromatic heterocycles. The zero-order valence-electron chi connectivity index (χ0n) is 10.4. The molecule has 3 saturated heterocycles. The van der Waals surface area contributed by atoms with Crippen LogP contribution in [0, 0.1) is 11.8 Å². The van der Waals surface area contributed by atoms with Crippen molar-refractivity contribution < 1.29 is 9.28 Å². The van der Waals surface area contributed by atoms with Crippen molar-refractivity contribution in [3.05, 3.63) is 22.4 Å². The van der Waals surface area contributed by atoms with E-state index in [1.165, 1.54) is 37.0 Å². The molecule has 17 heavy (non-hydrogen) atoms. The molecular formula is C14H20NOS+. The van der Waals surface area contributed by atoms with Crippen LogP contribution in [0.1, 0.15) is 29.4 Å². The predicted molar refractivity (Wildman–Crippen MR) is 70.3 cm³/mol. The number of nitrogens with zero attached hydrogens (tertiary/aromatic N) is 1. The third-order valence-corrected chi connectivity index (χ3v) is 5.76. The summed E-state index contributed by atoms with van der Waals surface area (Å²) in [4.78, 5) is 13.5. The molecule has 0 N–H and O–H groups in total. The van der Waals surface area contributed by atoms with E-state index in [0.717, 1.165) is 11.4 Å². The van der Waals surface area contributed by atoms with Gasteiger partial charge in [-0.15, -0.1) is 11.3 Å². The van der Waals surface area contributed by atoms with Crippen LogP contribution in [0.2, 0.25) is 0 Å². The summed E-state index contributed by atoms with van der Waals surface area (Å²) in [6.45, 7) is 7.17. The summed E-state index contributed by atoms with van der Waals surface area (Å²) >= 11 is 1.60. The maximum absolute atomic E-state index is 12.5. The second kappa shape index (κ2) is 4.21. The van der Waals surface area contributed by atoms with Crippen LogP contribution in [0.4, 0.5) is 0 Å². The van der Waals surface area contributed by atoms with E-state index in [2.05, 4.69) is 6.92 Å². The fourth-order valence-corrected chi connectivity index (χ4v) is 4.36. The lowest BCUT2D eigenvalue weighted by molar-refractivity contribution is -0.943. The highest BCUT2D eigenvalue weighted by Crippen LogP contribution is 2.39. The quantitative estimate of drug-likeness (QED) is 0.595. The number of fused-ring (bicyclic) bond motifs is 3. The molecule has 92 valence electrons. The van der Waals surface area contributed by atoms with Crippen molar-refractivity contribution in [1.29, 1.82) is 0 Å². The van der Waals surface area contributed by atoms with Gasteiger partial charge in [-0.2, -0.15) is 0 Å². The molecule has 0 saturated carbocycles. The van der Waals surface area contributed by atoms with Crippen LogP contribution in [0.15, 0.2) is 17.5 Å². The van der Waals surface area contributed by atoms with E-state index in [-0.39, 0.29) is 0 Å². The molecule has 0 amide bonds. The third-order valence-electron chi connectivity index (χ3n) is 4.87. The number of Topliss-reactive ketones (excluding diaryl/α,β-unsaturated/α-hetero) is 1. The van der Waals surface area contributed by atoms with Gasteiger partial charge in [-0.05, 0) is 24.3 Å². The van der Waals surface area contributed by atoms with Gasteiger partial charge in [0.25, 0.3) is 0 Å². The minimum absolute atomic E-state index is 0.302. The Labute approximate surface area is 107 Å². The number of thiophene rings is 1. The van der Waals surface area contributed by atoms with Crippen LogP contribution in [-0.4, -0.2) is 36.4 Å². The van der Waals surface area contributed by atoms with Crippen LogP contribution in [0.5, 0.6) is 0 Å². The Morgan fingerprint density at radius 3 is 2.82 bits per heavy atom. The number of piperidine rings is 3. The summed E-state index contributed by atoms with van der Waals surface area (Å²) in [6, 6.07) is 3.98. The van der Waals surface area contributed by atoms with Gasteiger partial charge in [-0.25, -0.2) is 0 Å². The van der Waals surface area contributed by atoms with Gasteiger partial charge >= 0.3 is 0 Å². The second-order valence-electron chi connectivity index (χ2n) is 5.57. The van der Waals surface area contributed by atoms with Crippen molar-refractivity contribution in [3.63, 3.8) is 0 Å².